The predicted octanol–water partition coefficient (Wildman–Crippen LogP) is -1.47. The summed E-state index contributed by atoms with van der Waals surface area (Å²) < 4.78 is 0. The molecule has 0 unspecified atom stereocenters. The number of nitrogens with two attached hydrogens (primary N) is 1. The van der Waals surface area contributed by atoms with Crippen LogP contribution in [-0.4, -0.2) is 67.3 Å². The molecule has 0 spiro atoms. The maximum Gasteiger partial charge on any atom is 0.246 e. The molecule has 1 aliphatic rings. The minimum absolute atomic E-state index is 0.0253. The molecule has 1 aliphatic heterocycles. The van der Waals surface area contributed by atoms with Crippen LogP contribution in [0.1, 0.15) is 19.3 Å². The molecule has 0 atom stereocenters. The molecule has 0 saturated carbocycles. The highest BCUT2D eigenvalue weighted by Crippen LogP contribution is 2.08. The van der Waals surface area contributed by atoms with E-state index in [1.807, 2.05) is 0 Å². The van der Waals surface area contributed by atoms with Gasteiger partial charge in [-0.25, -0.2) is 0 Å². The molecule has 3 amide bonds. The van der Waals surface area contributed by atoms with Crippen LogP contribution in [-0.2, 0) is 14.4 Å². The molecule has 0 radical (unpaired) electrons. The molecule has 7 nitrogen and oxygen atoms in total. The summed E-state index contributed by atoms with van der Waals surface area (Å²) in [5, 5.41) is 2.29. The van der Waals surface area contributed by atoms with Crippen molar-refractivity contribution in [2.24, 2.45) is 5.73 Å². The summed E-state index contributed by atoms with van der Waals surface area (Å²) in [4.78, 5) is 37.8. The van der Waals surface area contributed by atoms with Gasteiger partial charge in [0.2, 0.25) is 17.7 Å². The van der Waals surface area contributed by atoms with E-state index in [-0.39, 0.29) is 24.9 Å². The van der Waals surface area contributed by atoms with E-state index < -0.39 is 5.91 Å². The lowest BCUT2D eigenvalue weighted by molar-refractivity contribution is -0.136. The molecule has 1 fully saturated rings. The van der Waals surface area contributed by atoms with E-state index in [2.05, 4.69) is 5.32 Å². The number of carbonyl (C=O) groups is 3. The van der Waals surface area contributed by atoms with Gasteiger partial charge in [-0.1, -0.05) is 0 Å². The molecule has 1 heterocycles. The quantitative estimate of drug-likeness (QED) is 0.589. The fraction of sp³-hybridized carbons (Fsp3) is 0.750. The Labute approximate surface area is 113 Å². The average molecular weight is 270 g/mol. The lowest BCUT2D eigenvalue weighted by Gasteiger charge is -2.17. The summed E-state index contributed by atoms with van der Waals surface area (Å²) in [6.45, 7) is 2.00. The maximum atomic E-state index is 11.6. The highest BCUT2D eigenvalue weighted by Gasteiger charge is 2.23. The van der Waals surface area contributed by atoms with E-state index in [1.165, 1.54) is 4.90 Å². The van der Waals surface area contributed by atoms with Crippen LogP contribution in [0, 0.1) is 0 Å². The normalized spacial score (nSPS) is 15.1. The lowest BCUT2D eigenvalue weighted by Crippen LogP contribution is -2.44. The minimum atomic E-state index is -0.424. The van der Waals surface area contributed by atoms with Gasteiger partial charge >= 0.3 is 0 Å². The van der Waals surface area contributed by atoms with Gasteiger partial charge in [0, 0.05) is 13.0 Å². The highest BCUT2D eigenvalue weighted by molar-refractivity contribution is 5.98. The molecule has 19 heavy (non-hydrogen) atoms. The van der Waals surface area contributed by atoms with Gasteiger partial charge in [0.05, 0.1) is 13.1 Å². The number of nitrogens with one attached hydrogen (secondary N) is 1. The van der Waals surface area contributed by atoms with Crippen LogP contribution < -0.4 is 11.1 Å². The Hall–Kier alpha value is -1.47. The van der Waals surface area contributed by atoms with Crippen molar-refractivity contribution in [1.82, 2.24) is 15.1 Å². The van der Waals surface area contributed by atoms with Crippen molar-refractivity contribution in [2.75, 3.05) is 39.8 Å². The molecule has 0 aromatic carbocycles. The van der Waals surface area contributed by atoms with Crippen LogP contribution in [0.15, 0.2) is 0 Å². The van der Waals surface area contributed by atoms with Crippen molar-refractivity contribution in [1.29, 1.82) is 0 Å². The summed E-state index contributed by atoms with van der Waals surface area (Å²) in [6.07, 6.45) is 2.07. The fourth-order valence-electron chi connectivity index (χ4n) is 1.96. The number of imide groups is 1. The topological polar surface area (TPSA) is 95.7 Å². The zero-order valence-corrected chi connectivity index (χ0v) is 11.4. The molecular formula is C12H22N4O3. The molecule has 7 heteroatoms. The van der Waals surface area contributed by atoms with E-state index >= 15 is 0 Å². The SMILES string of the molecule is CN(CCCN)CC(=O)NC(=O)CN1CCCC1=O. The Morgan fingerprint density at radius 1 is 1.42 bits per heavy atom. The molecule has 0 aromatic rings. The van der Waals surface area contributed by atoms with E-state index in [0.29, 0.717) is 26.1 Å². The van der Waals surface area contributed by atoms with E-state index in [0.717, 1.165) is 12.8 Å². The molecule has 3 N–H and O–H groups in total. The van der Waals surface area contributed by atoms with Crippen LogP contribution in [0.3, 0.4) is 0 Å². The number of nitrogens with zero attached hydrogens (tertiary/aromatic N) is 2. The Morgan fingerprint density at radius 2 is 2.16 bits per heavy atom. The zero-order chi connectivity index (χ0) is 14.3. The number of likely N-dealkylation sites (N-methyl/N-ethyl adjacent to an activating group) is 1. The number of amides is 3. The lowest BCUT2D eigenvalue weighted by atomic mass is 10.4. The van der Waals surface area contributed by atoms with Gasteiger partial charge < -0.3 is 10.6 Å². The molecule has 108 valence electrons. The molecule has 1 saturated heterocycles. The van der Waals surface area contributed by atoms with Crippen molar-refractivity contribution >= 4 is 17.7 Å². The third-order valence-electron chi connectivity index (χ3n) is 2.94. The Kier molecular flexibility index (Phi) is 6.44. The molecular weight excluding hydrogens is 248 g/mol. The van der Waals surface area contributed by atoms with Crippen LogP contribution in [0.5, 0.6) is 0 Å². The van der Waals surface area contributed by atoms with Crippen LogP contribution in [0.2, 0.25) is 0 Å². The van der Waals surface area contributed by atoms with Gasteiger partial charge in [-0.2, -0.15) is 0 Å². The number of carbonyl (C=O) groups excluding carboxylic acids is 3. The molecule has 1 rings (SSSR count). The fourth-order valence-corrected chi connectivity index (χ4v) is 1.96. The first-order valence-corrected chi connectivity index (χ1v) is 6.52. The van der Waals surface area contributed by atoms with Crippen molar-refractivity contribution in [3.8, 4) is 0 Å². The van der Waals surface area contributed by atoms with Gasteiger partial charge in [0.25, 0.3) is 0 Å². The first kappa shape index (κ1) is 15.6. The molecule has 0 bridgehead atoms. The Balaban J connectivity index is 2.24. The second-order valence-corrected chi connectivity index (χ2v) is 4.77. The number of hydrogen-bond donors (Lipinski definition) is 2. The van der Waals surface area contributed by atoms with Crippen molar-refractivity contribution < 1.29 is 14.4 Å². The first-order valence-electron chi connectivity index (χ1n) is 6.52. The highest BCUT2D eigenvalue weighted by atomic mass is 16.2. The van der Waals surface area contributed by atoms with Gasteiger partial charge in [-0.05, 0) is 33.0 Å². The van der Waals surface area contributed by atoms with Gasteiger partial charge in [-0.3, -0.25) is 24.6 Å². The van der Waals surface area contributed by atoms with Gasteiger partial charge in [0.1, 0.15) is 0 Å². The number of likely N-dealkylation sites (tertiary alicyclic amines) is 1. The Morgan fingerprint density at radius 3 is 2.74 bits per heavy atom. The third kappa shape index (κ3) is 5.80. The van der Waals surface area contributed by atoms with Gasteiger partial charge in [0.15, 0.2) is 0 Å². The summed E-state index contributed by atoms with van der Waals surface area (Å²) in [5.41, 5.74) is 5.37. The monoisotopic (exact) mass is 270 g/mol. The maximum absolute atomic E-state index is 11.6. The second kappa shape index (κ2) is 7.85. The van der Waals surface area contributed by atoms with Crippen LogP contribution in [0.25, 0.3) is 0 Å². The van der Waals surface area contributed by atoms with Crippen molar-refractivity contribution in [3.63, 3.8) is 0 Å². The Bertz CT molecular complexity index is 346. The van der Waals surface area contributed by atoms with E-state index in [4.69, 9.17) is 5.73 Å². The van der Waals surface area contributed by atoms with Crippen molar-refractivity contribution in [2.45, 2.75) is 19.3 Å². The van der Waals surface area contributed by atoms with E-state index in [1.54, 1.807) is 11.9 Å². The van der Waals surface area contributed by atoms with Crippen LogP contribution in [0.4, 0.5) is 0 Å². The summed E-state index contributed by atoms with van der Waals surface area (Å²) in [5.74, 6) is -0.800. The summed E-state index contributed by atoms with van der Waals surface area (Å²) in [7, 11) is 1.80. The predicted molar refractivity (Wildman–Crippen MR) is 70.1 cm³/mol. The average Bonchev–Trinajstić information content (AvgIpc) is 2.72. The molecule has 0 aliphatic carbocycles. The standard InChI is InChI=1S/C12H22N4O3/c1-15(6-3-5-13)8-10(17)14-11(18)9-16-7-2-4-12(16)19/h2-9,13H2,1H3,(H,14,17,18). The van der Waals surface area contributed by atoms with Crippen LogP contribution >= 0.6 is 0 Å². The second-order valence-electron chi connectivity index (χ2n) is 4.77. The largest absolute Gasteiger partial charge is 0.333 e. The van der Waals surface area contributed by atoms with E-state index in [9.17, 15) is 14.4 Å². The summed E-state index contributed by atoms with van der Waals surface area (Å²) in [6, 6.07) is 0. The smallest absolute Gasteiger partial charge is 0.246 e. The number of hydrogen-bond acceptors (Lipinski definition) is 5. The summed E-state index contributed by atoms with van der Waals surface area (Å²) >= 11 is 0. The third-order valence-corrected chi connectivity index (χ3v) is 2.94. The zero-order valence-electron chi connectivity index (χ0n) is 11.4. The minimum Gasteiger partial charge on any atom is -0.333 e. The molecule has 0 aromatic heterocycles. The van der Waals surface area contributed by atoms with Crippen molar-refractivity contribution in [3.05, 3.63) is 0 Å². The first-order chi connectivity index (χ1) is 9.02. The number of rotatable bonds is 7. The van der Waals surface area contributed by atoms with Gasteiger partial charge in [-0.15, -0.1) is 0 Å².